The predicted molar refractivity (Wildman–Crippen MR) is 146 cm³/mol. The van der Waals surface area contributed by atoms with E-state index in [0.29, 0.717) is 42.7 Å². The van der Waals surface area contributed by atoms with Gasteiger partial charge in [-0.15, -0.1) is 0 Å². The Labute approximate surface area is 230 Å². The Hall–Kier alpha value is -4.05. The Morgan fingerprint density at radius 1 is 1.02 bits per heavy atom. The molecule has 6 rings (SSSR count). The molecule has 0 N–H and O–H groups in total. The Morgan fingerprint density at radius 2 is 1.75 bits per heavy atom. The minimum absolute atomic E-state index is 0.0586. The molecule has 0 atom stereocenters. The van der Waals surface area contributed by atoms with E-state index in [2.05, 4.69) is 29.9 Å². The number of halogens is 3. The Bertz CT molecular complexity index is 1570. The fourth-order valence-electron chi connectivity index (χ4n) is 5.44. The average molecular weight is 547 g/mol. The minimum Gasteiger partial charge on any atom is -0.325 e. The summed E-state index contributed by atoms with van der Waals surface area (Å²) in [6.45, 7) is 5.87. The lowest BCUT2D eigenvalue weighted by molar-refractivity contribution is -0.141. The number of anilines is 1. The summed E-state index contributed by atoms with van der Waals surface area (Å²) in [5.41, 5.74) is 3.39. The van der Waals surface area contributed by atoms with Crippen LogP contribution in [0, 0.1) is 0 Å². The molecule has 2 aromatic carbocycles. The van der Waals surface area contributed by atoms with E-state index in [1.54, 1.807) is 27.8 Å². The molecule has 0 aliphatic carbocycles. The van der Waals surface area contributed by atoms with Gasteiger partial charge in [-0.05, 0) is 24.1 Å². The number of likely N-dealkylation sites (N-methyl/N-ethyl adjacent to an activating group) is 1. The Morgan fingerprint density at radius 3 is 2.42 bits per heavy atom. The molecule has 40 heavy (non-hydrogen) atoms. The third kappa shape index (κ3) is 4.77. The molecule has 0 saturated carbocycles. The fraction of sp³-hybridized carbons (Fsp3) is 0.333. The van der Waals surface area contributed by atoms with Crippen LogP contribution in [0.1, 0.15) is 48.2 Å². The van der Waals surface area contributed by atoms with E-state index in [1.807, 2.05) is 42.3 Å². The first-order valence-corrected chi connectivity index (χ1v) is 13.3. The molecule has 0 spiro atoms. The van der Waals surface area contributed by atoms with Crippen molar-refractivity contribution < 1.29 is 18.0 Å². The van der Waals surface area contributed by atoms with Crippen LogP contribution in [0.2, 0.25) is 0 Å². The van der Waals surface area contributed by atoms with Crippen molar-refractivity contribution in [2.45, 2.75) is 44.9 Å². The van der Waals surface area contributed by atoms with Crippen LogP contribution in [0.25, 0.3) is 22.8 Å². The molecule has 1 saturated heterocycles. The number of rotatable bonds is 6. The van der Waals surface area contributed by atoms with Crippen molar-refractivity contribution in [2.75, 3.05) is 25.0 Å². The molecule has 2 aromatic heterocycles. The molecule has 2 aliphatic rings. The van der Waals surface area contributed by atoms with Gasteiger partial charge in [-0.3, -0.25) is 9.69 Å². The zero-order valence-electron chi connectivity index (χ0n) is 22.5. The highest BCUT2D eigenvalue weighted by molar-refractivity contribution is 6.00. The number of alkyl halides is 3. The van der Waals surface area contributed by atoms with Gasteiger partial charge in [0.2, 0.25) is 5.91 Å². The van der Waals surface area contributed by atoms with Crippen LogP contribution in [0.4, 0.5) is 19.0 Å². The SMILES string of the molecule is CC(C)c1ccccc1-c1ncc2c(n1)N(Cc1ccc(-c3nc(C(F)(F)F)cn3C3CN(C)C3)cc1)C(=O)C2. The van der Waals surface area contributed by atoms with Gasteiger partial charge in [0.15, 0.2) is 11.5 Å². The summed E-state index contributed by atoms with van der Waals surface area (Å²) >= 11 is 0. The van der Waals surface area contributed by atoms with E-state index in [0.717, 1.165) is 28.5 Å². The highest BCUT2D eigenvalue weighted by Gasteiger charge is 2.37. The zero-order valence-corrected chi connectivity index (χ0v) is 22.5. The van der Waals surface area contributed by atoms with Gasteiger partial charge in [0, 0.05) is 42.2 Å². The van der Waals surface area contributed by atoms with E-state index in [-0.39, 0.29) is 24.3 Å². The smallest absolute Gasteiger partial charge is 0.325 e. The molecule has 0 bridgehead atoms. The number of carbonyl (C=O) groups is 1. The number of nitrogens with zero attached hydrogens (tertiary/aromatic N) is 6. The number of amides is 1. The molecule has 0 unspecified atom stereocenters. The van der Waals surface area contributed by atoms with Crippen molar-refractivity contribution in [2.24, 2.45) is 0 Å². The Balaban J connectivity index is 1.28. The first-order valence-electron chi connectivity index (χ1n) is 13.3. The second-order valence-electron chi connectivity index (χ2n) is 10.9. The Kier molecular flexibility index (Phi) is 6.45. The molecule has 1 fully saturated rings. The van der Waals surface area contributed by atoms with Gasteiger partial charge in [0.1, 0.15) is 11.6 Å². The van der Waals surface area contributed by atoms with E-state index >= 15 is 0 Å². The standard InChI is InChI=1S/C30H29F3N6O/c1-18(2)23-6-4-5-7-24(23)27-34-13-21-12-26(40)39(29(21)36-27)14-19-8-10-20(11-9-19)28-35-25(30(31,32)33)17-38(28)22-15-37(3)16-22/h4-11,13,17-18,22H,12,14-16H2,1-3H3. The average Bonchev–Trinajstić information content (AvgIpc) is 3.48. The molecule has 7 nitrogen and oxygen atoms in total. The van der Waals surface area contributed by atoms with Crippen molar-refractivity contribution >= 4 is 11.7 Å². The first-order chi connectivity index (χ1) is 19.1. The summed E-state index contributed by atoms with van der Waals surface area (Å²) in [7, 11) is 1.93. The molecular weight excluding hydrogens is 517 g/mol. The van der Waals surface area contributed by atoms with Gasteiger partial charge < -0.3 is 9.47 Å². The van der Waals surface area contributed by atoms with E-state index < -0.39 is 11.9 Å². The number of fused-ring (bicyclic) bond motifs is 1. The normalized spacial score (nSPS) is 16.1. The van der Waals surface area contributed by atoms with E-state index in [4.69, 9.17) is 4.98 Å². The van der Waals surface area contributed by atoms with Gasteiger partial charge in [0.05, 0.1) is 19.0 Å². The van der Waals surface area contributed by atoms with Crippen molar-refractivity contribution in [3.05, 3.63) is 83.3 Å². The number of hydrogen-bond donors (Lipinski definition) is 0. The zero-order chi connectivity index (χ0) is 28.2. The number of imidazole rings is 1. The predicted octanol–water partition coefficient (Wildman–Crippen LogP) is 5.73. The lowest BCUT2D eigenvalue weighted by Gasteiger charge is -2.37. The third-order valence-corrected chi connectivity index (χ3v) is 7.58. The van der Waals surface area contributed by atoms with Crippen LogP contribution in [0.5, 0.6) is 0 Å². The second-order valence-corrected chi connectivity index (χ2v) is 10.9. The summed E-state index contributed by atoms with van der Waals surface area (Å²) in [5.74, 6) is 1.68. The molecule has 1 amide bonds. The summed E-state index contributed by atoms with van der Waals surface area (Å²) in [5, 5.41) is 0. The molecule has 206 valence electrons. The summed E-state index contributed by atoms with van der Waals surface area (Å²) in [6, 6.07) is 15.1. The summed E-state index contributed by atoms with van der Waals surface area (Å²) in [6.07, 6.45) is -1.45. The number of hydrogen-bond acceptors (Lipinski definition) is 5. The van der Waals surface area contributed by atoms with Crippen LogP contribution in [-0.4, -0.2) is 50.5 Å². The van der Waals surface area contributed by atoms with Gasteiger partial charge in [-0.2, -0.15) is 13.2 Å². The second kappa shape index (κ2) is 9.85. The molecular formula is C30H29F3N6O. The molecule has 2 aliphatic heterocycles. The number of benzene rings is 2. The van der Waals surface area contributed by atoms with E-state index in [9.17, 15) is 18.0 Å². The third-order valence-electron chi connectivity index (χ3n) is 7.58. The monoisotopic (exact) mass is 546 g/mol. The largest absolute Gasteiger partial charge is 0.434 e. The molecule has 10 heteroatoms. The molecule has 0 radical (unpaired) electrons. The quantitative estimate of drug-likeness (QED) is 0.309. The molecule has 4 aromatic rings. The van der Waals surface area contributed by atoms with Gasteiger partial charge in [-0.1, -0.05) is 62.4 Å². The lowest BCUT2D eigenvalue weighted by atomic mass is 9.97. The van der Waals surface area contributed by atoms with E-state index in [1.165, 1.54) is 0 Å². The van der Waals surface area contributed by atoms with Crippen molar-refractivity contribution in [3.63, 3.8) is 0 Å². The van der Waals surface area contributed by atoms with Gasteiger partial charge >= 0.3 is 6.18 Å². The van der Waals surface area contributed by atoms with Crippen LogP contribution in [0.3, 0.4) is 0 Å². The first kappa shape index (κ1) is 26.2. The maximum absolute atomic E-state index is 13.5. The van der Waals surface area contributed by atoms with Gasteiger partial charge in [-0.25, -0.2) is 15.0 Å². The number of carbonyl (C=O) groups excluding carboxylic acids is 1. The number of likely N-dealkylation sites (tertiary alicyclic amines) is 1. The maximum atomic E-state index is 13.5. The highest BCUT2D eigenvalue weighted by atomic mass is 19.4. The lowest BCUT2D eigenvalue weighted by Crippen LogP contribution is -2.44. The highest BCUT2D eigenvalue weighted by Crippen LogP contribution is 2.36. The van der Waals surface area contributed by atoms with Crippen molar-refractivity contribution in [1.82, 2.24) is 24.4 Å². The minimum atomic E-state index is -4.52. The van der Waals surface area contributed by atoms with Crippen LogP contribution in [0.15, 0.2) is 60.9 Å². The number of aromatic nitrogens is 4. The fourth-order valence-corrected chi connectivity index (χ4v) is 5.44. The topological polar surface area (TPSA) is 67.2 Å². The van der Waals surface area contributed by atoms with Crippen molar-refractivity contribution in [1.29, 1.82) is 0 Å². The van der Waals surface area contributed by atoms with Crippen LogP contribution in [-0.2, 0) is 23.9 Å². The summed E-state index contributed by atoms with van der Waals surface area (Å²) < 4.78 is 42.0. The molecule has 4 heterocycles. The van der Waals surface area contributed by atoms with Crippen LogP contribution < -0.4 is 4.90 Å². The summed E-state index contributed by atoms with van der Waals surface area (Å²) in [4.78, 5) is 30.0. The maximum Gasteiger partial charge on any atom is 0.434 e. The van der Waals surface area contributed by atoms with Crippen LogP contribution >= 0.6 is 0 Å². The van der Waals surface area contributed by atoms with Gasteiger partial charge in [0.25, 0.3) is 0 Å². The van der Waals surface area contributed by atoms with Crippen molar-refractivity contribution in [3.8, 4) is 22.8 Å².